The minimum Gasteiger partial charge on any atom is -0.377 e. The van der Waals surface area contributed by atoms with Crippen molar-refractivity contribution in [1.29, 1.82) is 0 Å². The Balaban J connectivity index is 1.67. The van der Waals surface area contributed by atoms with E-state index < -0.39 is 0 Å². The van der Waals surface area contributed by atoms with Gasteiger partial charge in [-0.1, -0.05) is 24.3 Å². The summed E-state index contributed by atoms with van der Waals surface area (Å²) < 4.78 is 5.58. The minimum atomic E-state index is -0.149. The molecule has 0 aliphatic carbocycles. The van der Waals surface area contributed by atoms with E-state index >= 15 is 0 Å². The van der Waals surface area contributed by atoms with Crippen molar-refractivity contribution in [1.82, 2.24) is 14.9 Å². The maximum Gasteiger partial charge on any atom is 0.273 e. The number of morpholine rings is 1. The predicted molar refractivity (Wildman–Crippen MR) is 93.2 cm³/mol. The van der Waals surface area contributed by atoms with E-state index in [9.17, 15) is 4.79 Å². The first-order valence-electron chi connectivity index (χ1n) is 7.89. The molecule has 4 rings (SSSR count). The number of hydrogen-bond acceptors (Lipinski definition) is 5. The zero-order valence-corrected chi connectivity index (χ0v) is 14.1. The van der Waals surface area contributed by atoms with Crippen LogP contribution in [0.15, 0.2) is 41.8 Å². The molecule has 1 atom stereocenters. The van der Waals surface area contributed by atoms with Gasteiger partial charge in [0, 0.05) is 17.3 Å². The quantitative estimate of drug-likeness (QED) is 0.719. The summed E-state index contributed by atoms with van der Waals surface area (Å²) in [4.78, 5) is 23.9. The number of aromatic nitrogens is 2. The molecular formula is C18H17N3O2S. The number of hydrogen-bond donors (Lipinski definition) is 0. The van der Waals surface area contributed by atoms with E-state index in [4.69, 9.17) is 4.74 Å². The number of nitrogens with zero attached hydrogens (tertiary/aromatic N) is 3. The van der Waals surface area contributed by atoms with Crippen LogP contribution >= 0.6 is 11.3 Å². The van der Waals surface area contributed by atoms with Crippen LogP contribution in [0.5, 0.6) is 0 Å². The molecule has 2 aromatic heterocycles. The fourth-order valence-electron chi connectivity index (χ4n) is 2.96. The normalized spacial score (nSPS) is 18.0. The highest BCUT2D eigenvalue weighted by Gasteiger charge is 2.31. The number of pyridine rings is 1. The fourth-order valence-corrected chi connectivity index (χ4v) is 3.62. The first kappa shape index (κ1) is 15.2. The van der Waals surface area contributed by atoms with Crippen molar-refractivity contribution in [3.8, 4) is 0 Å². The number of rotatable bonds is 2. The number of thiazole rings is 1. The highest BCUT2D eigenvalue weighted by atomic mass is 32.1. The molecule has 122 valence electrons. The molecular weight excluding hydrogens is 322 g/mol. The Bertz CT molecular complexity index is 893. The van der Waals surface area contributed by atoms with E-state index in [1.54, 1.807) is 17.4 Å². The third-order valence-corrected chi connectivity index (χ3v) is 4.98. The Morgan fingerprint density at radius 2 is 2.12 bits per heavy atom. The van der Waals surface area contributed by atoms with E-state index in [0.29, 0.717) is 25.5 Å². The first-order valence-corrected chi connectivity index (χ1v) is 8.77. The van der Waals surface area contributed by atoms with Crippen LogP contribution < -0.4 is 0 Å². The lowest BCUT2D eigenvalue weighted by molar-refractivity contribution is -0.00404. The molecule has 0 radical (unpaired) electrons. The third-order valence-electron chi connectivity index (χ3n) is 4.19. The first-order chi connectivity index (χ1) is 11.7. The van der Waals surface area contributed by atoms with Crippen molar-refractivity contribution >= 4 is 28.1 Å². The van der Waals surface area contributed by atoms with E-state index in [-0.39, 0.29) is 11.9 Å². The lowest BCUT2D eigenvalue weighted by Gasteiger charge is -2.34. The lowest BCUT2D eigenvalue weighted by Crippen LogP contribution is -2.43. The molecule has 0 N–H and O–H groups in total. The van der Waals surface area contributed by atoms with Gasteiger partial charge in [0.05, 0.1) is 35.5 Å². The second-order valence-corrected chi connectivity index (χ2v) is 6.83. The molecule has 0 unspecified atom stereocenters. The van der Waals surface area contributed by atoms with Gasteiger partial charge in [0.15, 0.2) is 0 Å². The Hall–Kier alpha value is -2.31. The van der Waals surface area contributed by atoms with Crippen LogP contribution in [0.3, 0.4) is 0 Å². The second kappa shape index (κ2) is 6.30. The van der Waals surface area contributed by atoms with Gasteiger partial charge in [0.1, 0.15) is 5.69 Å². The van der Waals surface area contributed by atoms with Gasteiger partial charge < -0.3 is 9.64 Å². The SMILES string of the molecule is Cc1nc([C@@H]2COCCN2C(=O)c2ccc3ccccc3n2)cs1. The van der Waals surface area contributed by atoms with Crippen molar-refractivity contribution in [3.63, 3.8) is 0 Å². The monoisotopic (exact) mass is 339 g/mol. The van der Waals surface area contributed by atoms with Crippen LogP contribution in [0.25, 0.3) is 10.9 Å². The van der Waals surface area contributed by atoms with Gasteiger partial charge in [-0.25, -0.2) is 9.97 Å². The number of para-hydroxylation sites is 1. The number of fused-ring (bicyclic) bond motifs is 1. The summed E-state index contributed by atoms with van der Waals surface area (Å²) in [5.41, 5.74) is 2.19. The molecule has 6 heteroatoms. The van der Waals surface area contributed by atoms with Gasteiger partial charge in [-0.2, -0.15) is 0 Å². The van der Waals surface area contributed by atoms with Crippen molar-refractivity contribution in [2.75, 3.05) is 19.8 Å². The fraction of sp³-hybridized carbons (Fsp3) is 0.278. The van der Waals surface area contributed by atoms with Gasteiger partial charge in [-0.3, -0.25) is 4.79 Å². The second-order valence-electron chi connectivity index (χ2n) is 5.77. The molecule has 1 amide bonds. The number of carbonyl (C=O) groups excluding carboxylic acids is 1. The highest BCUT2D eigenvalue weighted by molar-refractivity contribution is 7.09. The maximum absolute atomic E-state index is 13.0. The van der Waals surface area contributed by atoms with E-state index in [0.717, 1.165) is 21.6 Å². The van der Waals surface area contributed by atoms with Crippen LogP contribution in [0.4, 0.5) is 0 Å². The Morgan fingerprint density at radius 3 is 2.96 bits per heavy atom. The molecule has 0 bridgehead atoms. The average Bonchev–Trinajstić information content (AvgIpc) is 3.07. The number of ether oxygens (including phenoxy) is 1. The molecule has 1 saturated heterocycles. The molecule has 0 spiro atoms. The zero-order valence-electron chi connectivity index (χ0n) is 13.3. The standard InChI is InChI=1S/C18H17N3O2S/c1-12-19-16(11-24-12)17-10-23-9-8-21(17)18(22)15-7-6-13-4-2-3-5-14(13)20-15/h2-7,11,17H,8-10H2,1H3/t17-/m0/s1. The van der Waals surface area contributed by atoms with Crippen molar-refractivity contribution in [2.24, 2.45) is 0 Å². The molecule has 3 aromatic rings. The average molecular weight is 339 g/mol. The Labute approximate surface area is 143 Å². The topological polar surface area (TPSA) is 55.3 Å². The lowest BCUT2D eigenvalue weighted by atomic mass is 10.1. The summed E-state index contributed by atoms with van der Waals surface area (Å²) in [6, 6.07) is 11.4. The van der Waals surface area contributed by atoms with E-state index in [1.165, 1.54) is 0 Å². The number of amides is 1. The number of carbonyl (C=O) groups is 1. The molecule has 5 nitrogen and oxygen atoms in total. The summed E-state index contributed by atoms with van der Waals surface area (Å²) in [5.74, 6) is -0.0697. The van der Waals surface area contributed by atoms with Crippen LogP contribution in [-0.4, -0.2) is 40.5 Å². The summed E-state index contributed by atoms with van der Waals surface area (Å²) in [6.45, 7) is 3.53. The summed E-state index contributed by atoms with van der Waals surface area (Å²) >= 11 is 1.59. The third kappa shape index (κ3) is 2.79. The Morgan fingerprint density at radius 1 is 1.25 bits per heavy atom. The molecule has 1 aromatic carbocycles. The van der Waals surface area contributed by atoms with Crippen LogP contribution in [-0.2, 0) is 4.74 Å². The molecule has 24 heavy (non-hydrogen) atoms. The van der Waals surface area contributed by atoms with Gasteiger partial charge >= 0.3 is 0 Å². The molecule has 3 heterocycles. The van der Waals surface area contributed by atoms with Gasteiger partial charge in [0.25, 0.3) is 5.91 Å². The summed E-state index contributed by atoms with van der Waals surface area (Å²) in [7, 11) is 0. The summed E-state index contributed by atoms with van der Waals surface area (Å²) in [5, 5.41) is 4.03. The van der Waals surface area contributed by atoms with Gasteiger partial charge in [-0.15, -0.1) is 11.3 Å². The molecule has 1 aliphatic heterocycles. The zero-order chi connectivity index (χ0) is 16.5. The number of benzene rings is 1. The van der Waals surface area contributed by atoms with Gasteiger partial charge in [0.2, 0.25) is 0 Å². The minimum absolute atomic E-state index is 0.0697. The molecule has 0 saturated carbocycles. The maximum atomic E-state index is 13.0. The van der Waals surface area contributed by atoms with Crippen LogP contribution in [0.2, 0.25) is 0 Å². The smallest absolute Gasteiger partial charge is 0.273 e. The summed E-state index contributed by atoms with van der Waals surface area (Å²) in [6.07, 6.45) is 0. The molecule has 1 aliphatic rings. The van der Waals surface area contributed by atoms with Crippen molar-refractivity contribution in [2.45, 2.75) is 13.0 Å². The van der Waals surface area contributed by atoms with Crippen molar-refractivity contribution in [3.05, 3.63) is 58.2 Å². The van der Waals surface area contributed by atoms with Crippen molar-refractivity contribution < 1.29 is 9.53 Å². The molecule has 1 fully saturated rings. The van der Waals surface area contributed by atoms with E-state index in [2.05, 4.69) is 9.97 Å². The largest absolute Gasteiger partial charge is 0.377 e. The van der Waals surface area contributed by atoms with Gasteiger partial charge in [-0.05, 0) is 19.1 Å². The predicted octanol–water partition coefficient (Wildman–Crippen LogP) is 3.21. The Kier molecular flexibility index (Phi) is 4.00. The van der Waals surface area contributed by atoms with Crippen LogP contribution in [0, 0.1) is 6.92 Å². The highest BCUT2D eigenvalue weighted by Crippen LogP contribution is 2.27. The van der Waals surface area contributed by atoms with Crippen LogP contribution in [0.1, 0.15) is 27.2 Å². The number of aryl methyl sites for hydroxylation is 1. The van der Waals surface area contributed by atoms with E-state index in [1.807, 2.05) is 47.5 Å².